The fraction of sp³-hybridized carbons (Fsp3) is 0.364. The van der Waals surface area contributed by atoms with E-state index >= 15 is 0 Å². The molecule has 3 aliphatic rings. The van der Waals surface area contributed by atoms with Crippen LogP contribution in [0.1, 0.15) is 29.9 Å². The van der Waals surface area contributed by atoms with Crippen LogP contribution in [0.3, 0.4) is 0 Å². The quantitative estimate of drug-likeness (QED) is 0.707. The van der Waals surface area contributed by atoms with Crippen molar-refractivity contribution in [2.45, 2.75) is 24.9 Å². The molecule has 5 rings (SSSR count). The molecule has 5 atom stereocenters. The van der Waals surface area contributed by atoms with Gasteiger partial charge in [-0.3, -0.25) is 14.5 Å². The SMILES string of the molecule is O=C1[C@@H]2[C@H]3C[C@@H]([C@@H]2C(=O)N1c1cccc(C(F)(F)F)c1)[C@@H](c1ccccc1)C3. The molecule has 1 saturated heterocycles. The fourth-order valence-electron chi connectivity index (χ4n) is 5.62. The first-order chi connectivity index (χ1) is 13.4. The maximum Gasteiger partial charge on any atom is 0.416 e. The Hall–Kier alpha value is -2.63. The van der Waals surface area contributed by atoms with Crippen LogP contribution in [-0.2, 0) is 15.8 Å². The number of hydrogen-bond donors (Lipinski definition) is 0. The van der Waals surface area contributed by atoms with Crippen LogP contribution in [0.25, 0.3) is 0 Å². The Kier molecular flexibility index (Phi) is 3.70. The summed E-state index contributed by atoms with van der Waals surface area (Å²) in [6.07, 6.45) is -2.83. The smallest absolute Gasteiger partial charge is 0.274 e. The number of hydrogen-bond acceptors (Lipinski definition) is 2. The van der Waals surface area contributed by atoms with Crippen molar-refractivity contribution in [1.29, 1.82) is 0 Å². The van der Waals surface area contributed by atoms with Crippen molar-refractivity contribution in [2.24, 2.45) is 23.7 Å². The molecule has 1 aliphatic heterocycles. The standard InChI is InChI=1S/C22H18F3NO2/c23-22(24,25)14-7-4-8-15(11-14)26-20(27)18-13-9-16(12-5-2-1-3-6-12)17(10-13)19(18)21(26)28/h1-8,11,13,16-19H,9-10H2/t13-,16-,17-,18-,19+/m1/s1. The van der Waals surface area contributed by atoms with Gasteiger partial charge >= 0.3 is 6.18 Å². The molecule has 0 spiro atoms. The highest BCUT2D eigenvalue weighted by Crippen LogP contribution is 2.61. The molecular weight excluding hydrogens is 367 g/mol. The second-order valence-electron chi connectivity index (χ2n) is 8.02. The van der Waals surface area contributed by atoms with Gasteiger partial charge in [-0.25, -0.2) is 0 Å². The molecule has 0 aromatic heterocycles. The molecule has 3 nitrogen and oxygen atoms in total. The number of carbonyl (C=O) groups is 2. The predicted octanol–water partition coefficient (Wildman–Crippen LogP) is 4.63. The Bertz CT molecular complexity index is 956. The molecule has 2 aliphatic carbocycles. The Balaban J connectivity index is 1.48. The predicted molar refractivity (Wildman–Crippen MR) is 96.3 cm³/mol. The van der Waals surface area contributed by atoms with Crippen LogP contribution in [0.15, 0.2) is 54.6 Å². The lowest BCUT2D eigenvalue weighted by Gasteiger charge is -2.28. The first-order valence-electron chi connectivity index (χ1n) is 9.46. The number of anilines is 1. The highest BCUT2D eigenvalue weighted by atomic mass is 19.4. The van der Waals surface area contributed by atoms with Crippen LogP contribution in [0.4, 0.5) is 18.9 Å². The molecule has 2 aromatic rings. The van der Waals surface area contributed by atoms with E-state index in [-0.39, 0.29) is 35.3 Å². The molecule has 6 heteroatoms. The van der Waals surface area contributed by atoms with Gasteiger partial charge in [-0.05, 0) is 54.4 Å². The zero-order valence-electron chi connectivity index (χ0n) is 14.9. The van der Waals surface area contributed by atoms with Gasteiger partial charge in [0.1, 0.15) is 0 Å². The number of amides is 2. The summed E-state index contributed by atoms with van der Waals surface area (Å²) < 4.78 is 39.2. The third-order valence-electron chi connectivity index (χ3n) is 6.67. The Morgan fingerprint density at radius 3 is 2.29 bits per heavy atom. The molecule has 2 bridgehead atoms. The maximum atomic E-state index is 13.1. The van der Waals surface area contributed by atoms with Gasteiger partial charge in [-0.15, -0.1) is 0 Å². The number of nitrogens with zero attached hydrogens (tertiary/aromatic N) is 1. The van der Waals surface area contributed by atoms with Crippen LogP contribution in [-0.4, -0.2) is 11.8 Å². The molecule has 144 valence electrons. The summed E-state index contributed by atoms with van der Waals surface area (Å²) >= 11 is 0. The zero-order valence-corrected chi connectivity index (χ0v) is 14.9. The van der Waals surface area contributed by atoms with Crippen molar-refractivity contribution in [1.82, 2.24) is 0 Å². The first kappa shape index (κ1) is 17.5. The third kappa shape index (κ3) is 2.43. The normalized spacial score (nSPS) is 31.5. The maximum absolute atomic E-state index is 13.1. The number of halogens is 3. The number of carbonyl (C=O) groups excluding carboxylic acids is 2. The molecule has 0 unspecified atom stereocenters. The van der Waals surface area contributed by atoms with Gasteiger partial charge in [-0.1, -0.05) is 36.4 Å². The highest BCUT2D eigenvalue weighted by molar-refractivity contribution is 6.22. The van der Waals surface area contributed by atoms with Crippen LogP contribution in [0.2, 0.25) is 0 Å². The van der Waals surface area contributed by atoms with Gasteiger partial charge in [0, 0.05) is 0 Å². The minimum atomic E-state index is -4.52. The van der Waals surface area contributed by atoms with Crippen molar-refractivity contribution < 1.29 is 22.8 Å². The lowest BCUT2D eigenvalue weighted by molar-refractivity contribution is -0.137. The van der Waals surface area contributed by atoms with Crippen LogP contribution < -0.4 is 4.90 Å². The summed E-state index contributed by atoms with van der Waals surface area (Å²) in [5.74, 6) is -1.09. The minimum absolute atomic E-state index is 0.0230. The van der Waals surface area contributed by atoms with Gasteiger partial charge < -0.3 is 0 Å². The number of imide groups is 1. The van der Waals surface area contributed by atoms with E-state index in [0.29, 0.717) is 0 Å². The molecule has 2 amide bonds. The summed E-state index contributed by atoms with van der Waals surface area (Å²) in [4.78, 5) is 27.2. The highest BCUT2D eigenvalue weighted by Gasteiger charge is 2.64. The van der Waals surface area contributed by atoms with Crippen molar-refractivity contribution in [2.75, 3.05) is 4.90 Å². The molecule has 0 radical (unpaired) electrons. The average molecular weight is 385 g/mol. The molecule has 3 fully saturated rings. The van der Waals surface area contributed by atoms with E-state index in [1.807, 2.05) is 30.3 Å². The summed E-state index contributed by atoms with van der Waals surface area (Å²) in [5.41, 5.74) is 0.342. The van der Waals surface area contributed by atoms with Crippen molar-refractivity contribution in [3.05, 3.63) is 65.7 Å². The number of benzene rings is 2. The summed E-state index contributed by atoms with van der Waals surface area (Å²) in [6.45, 7) is 0. The van der Waals surface area contributed by atoms with E-state index in [4.69, 9.17) is 0 Å². The second kappa shape index (κ2) is 5.93. The topological polar surface area (TPSA) is 37.4 Å². The van der Waals surface area contributed by atoms with Crippen LogP contribution in [0.5, 0.6) is 0 Å². The monoisotopic (exact) mass is 385 g/mol. The Morgan fingerprint density at radius 1 is 0.857 bits per heavy atom. The van der Waals surface area contributed by atoms with Gasteiger partial charge in [-0.2, -0.15) is 13.2 Å². The van der Waals surface area contributed by atoms with Gasteiger partial charge in [0.15, 0.2) is 0 Å². The molecule has 1 heterocycles. The van der Waals surface area contributed by atoms with Crippen molar-refractivity contribution >= 4 is 17.5 Å². The summed E-state index contributed by atoms with van der Waals surface area (Å²) in [7, 11) is 0. The van der Waals surface area contributed by atoms with E-state index < -0.39 is 23.6 Å². The average Bonchev–Trinajstić information content (AvgIpc) is 3.33. The Morgan fingerprint density at radius 2 is 1.57 bits per heavy atom. The lowest BCUT2D eigenvalue weighted by Crippen LogP contribution is -2.33. The number of fused-ring (bicyclic) bond motifs is 5. The van der Waals surface area contributed by atoms with Crippen LogP contribution >= 0.6 is 0 Å². The molecule has 0 N–H and O–H groups in total. The molecule has 2 aromatic carbocycles. The fourth-order valence-corrected chi connectivity index (χ4v) is 5.62. The van der Waals surface area contributed by atoms with Gasteiger partial charge in [0.2, 0.25) is 11.8 Å². The molecular formula is C22H18F3NO2. The van der Waals surface area contributed by atoms with Crippen molar-refractivity contribution in [3.8, 4) is 0 Å². The number of alkyl halides is 3. The van der Waals surface area contributed by atoms with Crippen molar-refractivity contribution in [3.63, 3.8) is 0 Å². The second-order valence-corrected chi connectivity index (χ2v) is 8.02. The lowest BCUT2D eigenvalue weighted by atomic mass is 9.73. The minimum Gasteiger partial charge on any atom is -0.274 e. The summed E-state index contributed by atoms with van der Waals surface area (Å²) in [6, 6.07) is 14.5. The van der Waals surface area contributed by atoms with E-state index in [1.165, 1.54) is 17.7 Å². The van der Waals surface area contributed by atoms with E-state index in [9.17, 15) is 22.8 Å². The molecule has 28 heavy (non-hydrogen) atoms. The Labute approximate surface area is 160 Å². The number of rotatable bonds is 2. The van der Waals surface area contributed by atoms with E-state index in [0.717, 1.165) is 29.9 Å². The largest absolute Gasteiger partial charge is 0.416 e. The first-order valence-corrected chi connectivity index (χ1v) is 9.46. The van der Waals surface area contributed by atoms with Gasteiger partial charge in [0.05, 0.1) is 23.1 Å². The zero-order chi connectivity index (χ0) is 19.6. The van der Waals surface area contributed by atoms with E-state index in [2.05, 4.69) is 0 Å². The molecule has 2 saturated carbocycles. The van der Waals surface area contributed by atoms with Crippen LogP contribution in [0, 0.1) is 23.7 Å². The van der Waals surface area contributed by atoms with E-state index in [1.54, 1.807) is 0 Å². The summed E-state index contributed by atoms with van der Waals surface area (Å²) in [5, 5.41) is 0. The third-order valence-corrected chi connectivity index (χ3v) is 6.67. The van der Waals surface area contributed by atoms with Gasteiger partial charge in [0.25, 0.3) is 0 Å².